The molecule has 0 spiro atoms. The van der Waals surface area contributed by atoms with Crippen LogP contribution in [0, 0.1) is 23.6 Å². The molecule has 0 aromatic heterocycles. The second-order valence-electron chi connectivity index (χ2n) is 5.59. The van der Waals surface area contributed by atoms with Crippen molar-refractivity contribution in [3.63, 3.8) is 0 Å². The normalized spacial score (nSPS) is 11.8. The number of nitrogens with two attached hydrogens (primary N) is 1. The highest BCUT2D eigenvalue weighted by atomic mass is 19.1. The van der Waals surface area contributed by atoms with Crippen molar-refractivity contribution in [2.45, 2.75) is 33.2 Å². The van der Waals surface area contributed by atoms with Crippen molar-refractivity contribution < 1.29 is 9.18 Å². The molecule has 114 valence electrons. The topological polar surface area (TPSA) is 46.3 Å². The molecule has 0 bridgehead atoms. The molecule has 1 aromatic carbocycles. The van der Waals surface area contributed by atoms with Gasteiger partial charge in [0.25, 0.3) is 5.91 Å². The summed E-state index contributed by atoms with van der Waals surface area (Å²) in [5.74, 6) is 5.37. The average Bonchev–Trinajstić information content (AvgIpc) is 2.42. The number of hydrogen-bond acceptors (Lipinski definition) is 2. The molecule has 4 heteroatoms. The van der Waals surface area contributed by atoms with E-state index in [1.165, 1.54) is 18.2 Å². The Hall–Kier alpha value is -1.86. The SMILES string of the molecule is CC(C)CC(C)N(C)C(=O)c1ccc(F)cc1C#CCN. The first kappa shape index (κ1) is 17.2. The Kier molecular flexibility index (Phi) is 6.39. The zero-order valence-corrected chi connectivity index (χ0v) is 13.1. The second kappa shape index (κ2) is 7.80. The van der Waals surface area contributed by atoms with Crippen LogP contribution in [-0.2, 0) is 0 Å². The minimum atomic E-state index is -0.411. The van der Waals surface area contributed by atoms with Crippen LogP contribution < -0.4 is 5.73 Å². The Morgan fingerprint density at radius 1 is 1.38 bits per heavy atom. The zero-order chi connectivity index (χ0) is 16.0. The molecule has 21 heavy (non-hydrogen) atoms. The van der Waals surface area contributed by atoms with Gasteiger partial charge in [0.1, 0.15) is 5.82 Å². The highest BCUT2D eigenvalue weighted by Crippen LogP contribution is 2.16. The first-order valence-corrected chi connectivity index (χ1v) is 7.12. The van der Waals surface area contributed by atoms with Crippen LogP contribution in [0.1, 0.15) is 43.1 Å². The first-order valence-electron chi connectivity index (χ1n) is 7.12. The Bertz CT molecular complexity index is 558. The van der Waals surface area contributed by atoms with Crippen LogP contribution in [-0.4, -0.2) is 30.4 Å². The van der Waals surface area contributed by atoms with Gasteiger partial charge in [-0.3, -0.25) is 4.79 Å². The predicted octanol–water partition coefficient (Wildman–Crippen LogP) is 2.64. The Balaban J connectivity index is 3.06. The third kappa shape index (κ3) is 4.87. The summed E-state index contributed by atoms with van der Waals surface area (Å²) in [5, 5.41) is 0. The van der Waals surface area contributed by atoms with Crippen LogP contribution in [0.5, 0.6) is 0 Å². The van der Waals surface area contributed by atoms with Crippen LogP contribution in [0.15, 0.2) is 18.2 Å². The smallest absolute Gasteiger partial charge is 0.255 e. The molecule has 1 unspecified atom stereocenters. The van der Waals surface area contributed by atoms with Gasteiger partial charge < -0.3 is 10.6 Å². The maximum atomic E-state index is 13.3. The molecule has 0 aliphatic rings. The molecule has 0 aliphatic heterocycles. The van der Waals surface area contributed by atoms with Gasteiger partial charge in [-0.1, -0.05) is 25.7 Å². The van der Waals surface area contributed by atoms with Crippen LogP contribution in [0.2, 0.25) is 0 Å². The third-order valence-corrected chi connectivity index (χ3v) is 3.33. The van der Waals surface area contributed by atoms with E-state index in [4.69, 9.17) is 5.73 Å². The summed E-state index contributed by atoms with van der Waals surface area (Å²) in [6, 6.07) is 4.15. The van der Waals surface area contributed by atoms with Crippen molar-refractivity contribution in [1.82, 2.24) is 4.90 Å². The second-order valence-corrected chi connectivity index (χ2v) is 5.59. The summed E-state index contributed by atoms with van der Waals surface area (Å²) in [7, 11) is 1.76. The molecule has 0 saturated heterocycles. The molecule has 0 radical (unpaired) electrons. The number of carbonyl (C=O) groups is 1. The number of amides is 1. The molecule has 1 aromatic rings. The van der Waals surface area contributed by atoms with E-state index in [1.807, 2.05) is 6.92 Å². The van der Waals surface area contributed by atoms with Gasteiger partial charge in [-0.05, 0) is 37.5 Å². The standard InChI is InChI=1S/C17H23FN2O/c1-12(2)10-13(3)20(4)17(21)16-8-7-15(18)11-14(16)6-5-9-19/h7-8,11-13H,9-10,19H2,1-4H3. The first-order chi connectivity index (χ1) is 9.86. The number of halogens is 1. The molecule has 0 fully saturated rings. The summed E-state index contributed by atoms with van der Waals surface area (Å²) >= 11 is 0. The minimum absolute atomic E-state index is 0.109. The molecule has 1 amide bonds. The van der Waals surface area contributed by atoms with Gasteiger partial charge in [-0.15, -0.1) is 0 Å². The lowest BCUT2D eigenvalue weighted by Crippen LogP contribution is -2.36. The predicted molar refractivity (Wildman–Crippen MR) is 83.3 cm³/mol. The molecule has 1 atom stereocenters. The molecule has 0 aliphatic carbocycles. The van der Waals surface area contributed by atoms with E-state index in [2.05, 4.69) is 25.7 Å². The van der Waals surface area contributed by atoms with Crippen LogP contribution in [0.25, 0.3) is 0 Å². The van der Waals surface area contributed by atoms with Gasteiger partial charge >= 0.3 is 0 Å². The quantitative estimate of drug-likeness (QED) is 0.867. The molecule has 1 rings (SSSR count). The highest BCUT2D eigenvalue weighted by Gasteiger charge is 2.20. The van der Waals surface area contributed by atoms with E-state index >= 15 is 0 Å². The van der Waals surface area contributed by atoms with E-state index < -0.39 is 5.82 Å². The number of hydrogen-bond donors (Lipinski definition) is 1. The number of carbonyl (C=O) groups excluding carboxylic acids is 1. The Labute approximate surface area is 126 Å². The maximum absolute atomic E-state index is 13.3. The van der Waals surface area contributed by atoms with Crippen molar-refractivity contribution in [2.75, 3.05) is 13.6 Å². The van der Waals surface area contributed by atoms with Crippen molar-refractivity contribution in [3.05, 3.63) is 35.1 Å². The van der Waals surface area contributed by atoms with Crippen molar-refractivity contribution in [2.24, 2.45) is 11.7 Å². The average molecular weight is 290 g/mol. The largest absolute Gasteiger partial charge is 0.339 e. The molecule has 3 nitrogen and oxygen atoms in total. The molecule has 0 saturated carbocycles. The van der Waals surface area contributed by atoms with E-state index in [1.54, 1.807) is 11.9 Å². The zero-order valence-electron chi connectivity index (χ0n) is 13.1. The van der Waals surface area contributed by atoms with Gasteiger partial charge in [0.05, 0.1) is 12.1 Å². The summed E-state index contributed by atoms with van der Waals surface area (Å²) in [6.45, 7) is 6.41. The fourth-order valence-corrected chi connectivity index (χ4v) is 2.18. The van der Waals surface area contributed by atoms with Gasteiger partial charge in [0.15, 0.2) is 0 Å². The monoisotopic (exact) mass is 290 g/mol. The summed E-state index contributed by atoms with van der Waals surface area (Å²) in [4.78, 5) is 14.2. The van der Waals surface area contributed by atoms with Crippen LogP contribution in [0.3, 0.4) is 0 Å². The lowest BCUT2D eigenvalue weighted by atomic mass is 10.0. The van der Waals surface area contributed by atoms with Gasteiger partial charge in [0, 0.05) is 18.7 Å². The van der Waals surface area contributed by atoms with Crippen LogP contribution in [0.4, 0.5) is 4.39 Å². The summed E-state index contributed by atoms with van der Waals surface area (Å²) in [5.41, 5.74) is 6.14. The lowest BCUT2D eigenvalue weighted by Gasteiger charge is -2.26. The number of rotatable bonds is 4. The summed E-state index contributed by atoms with van der Waals surface area (Å²) < 4.78 is 13.3. The Morgan fingerprint density at radius 3 is 2.62 bits per heavy atom. The van der Waals surface area contributed by atoms with Crippen molar-refractivity contribution in [3.8, 4) is 11.8 Å². The highest BCUT2D eigenvalue weighted by molar-refractivity contribution is 5.96. The van der Waals surface area contributed by atoms with E-state index in [-0.39, 0.29) is 18.5 Å². The van der Waals surface area contributed by atoms with Gasteiger partial charge in [-0.2, -0.15) is 0 Å². The fraction of sp³-hybridized carbons (Fsp3) is 0.471. The summed E-state index contributed by atoms with van der Waals surface area (Å²) in [6.07, 6.45) is 0.910. The van der Waals surface area contributed by atoms with Crippen LogP contribution >= 0.6 is 0 Å². The minimum Gasteiger partial charge on any atom is -0.339 e. The lowest BCUT2D eigenvalue weighted by molar-refractivity contribution is 0.0728. The van der Waals surface area contributed by atoms with Crippen molar-refractivity contribution >= 4 is 5.91 Å². The third-order valence-electron chi connectivity index (χ3n) is 3.33. The Morgan fingerprint density at radius 2 is 2.05 bits per heavy atom. The van der Waals surface area contributed by atoms with Crippen molar-refractivity contribution in [1.29, 1.82) is 0 Å². The molecule has 0 heterocycles. The molecular weight excluding hydrogens is 267 g/mol. The van der Waals surface area contributed by atoms with E-state index in [0.29, 0.717) is 17.0 Å². The van der Waals surface area contributed by atoms with Gasteiger partial charge in [-0.25, -0.2) is 4.39 Å². The molecular formula is C17H23FN2O. The number of benzene rings is 1. The fourth-order valence-electron chi connectivity index (χ4n) is 2.18. The van der Waals surface area contributed by atoms with E-state index in [0.717, 1.165) is 6.42 Å². The molecule has 2 N–H and O–H groups in total. The maximum Gasteiger partial charge on any atom is 0.255 e. The number of nitrogens with zero attached hydrogens (tertiary/aromatic N) is 1. The van der Waals surface area contributed by atoms with Gasteiger partial charge in [0.2, 0.25) is 0 Å². The van der Waals surface area contributed by atoms with E-state index in [9.17, 15) is 9.18 Å².